The molecule has 31 heavy (non-hydrogen) atoms. The van der Waals surface area contributed by atoms with Crippen molar-refractivity contribution in [2.45, 2.75) is 106 Å². The highest BCUT2D eigenvalue weighted by Crippen LogP contribution is 2.51. The first kappa shape index (κ1) is 28.6. The summed E-state index contributed by atoms with van der Waals surface area (Å²) >= 11 is 10.4. The summed E-state index contributed by atoms with van der Waals surface area (Å²) in [7, 11) is 1.68. The Morgan fingerprint density at radius 2 is 1.45 bits per heavy atom. The lowest BCUT2D eigenvalue weighted by Crippen LogP contribution is -2.51. The maximum absolute atomic E-state index is 6.90. The van der Waals surface area contributed by atoms with Crippen LogP contribution in [0.1, 0.15) is 99.0 Å². The first-order valence-electron chi connectivity index (χ1n) is 12.2. The Kier molecular flexibility index (Phi) is 12.3. The van der Waals surface area contributed by atoms with Crippen LogP contribution >= 0.6 is 27.5 Å². The highest BCUT2D eigenvalue weighted by Gasteiger charge is 2.48. The molecule has 0 amide bonds. The summed E-state index contributed by atoms with van der Waals surface area (Å²) in [4.78, 5) is 0. The molecule has 1 unspecified atom stereocenters. The molecule has 1 rings (SSSR count). The molecular weight excluding hydrogens is 472 g/mol. The van der Waals surface area contributed by atoms with Gasteiger partial charge in [-0.2, -0.15) is 0 Å². The molecular formula is C27H46BrClO2. The maximum atomic E-state index is 6.90. The van der Waals surface area contributed by atoms with Crippen LogP contribution in [0.5, 0.6) is 11.5 Å². The molecule has 1 aromatic carbocycles. The third-order valence-corrected chi connectivity index (χ3v) is 8.50. The SMILES string of the molecule is CCCCCCCCC(Oc1c(OC)cc(Br)c(C)c1Cl)C(C(C)C)(C(C)C)C(C)C. The Labute approximate surface area is 205 Å². The molecule has 0 aliphatic heterocycles. The van der Waals surface area contributed by atoms with Crippen molar-refractivity contribution >= 4 is 27.5 Å². The van der Waals surface area contributed by atoms with E-state index in [1.54, 1.807) is 7.11 Å². The van der Waals surface area contributed by atoms with Gasteiger partial charge in [0.05, 0.1) is 12.1 Å². The highest BCUT2D eigenvalue weighted by molar-refractivity contribution is 9.10. The Morgan fingerprint density at radius 1 is 0.935 bits per heavy atom. The van der Waals surface area contributed by atoms with Crippen molar-refractivity contribution in [3.63, 3.8) is 0 Å². The fourth-order valence-electron chi connectivity index (χ4n) is 5.71. The van der Waals surface area contributed by atoms with E-state index in [-0.39, 0.29) is 11.5 Å². The van der Waals surface area contributed by atoms with Crippen molar-refractivity contribution < 1.29 is 9.47 Å². The van der Waals surface area contributed by atoms with Crippen LogP contribution in [0.4, 0.5) is 0 Å². The zero-order chi connectivity index (χ0) is 23.8. The van der Waals surface area contributed by atoms with Gasteiger partial charge in [0.25, 0.3) is 0 Å². The van der Waals surface area contributed by atoms with Gasteiger partial charge in [0.2, 0.25) is 0 Å². The minimum atomic E-state index is 0.0404. The normalized spacial score (nSPS) is 13.4. The second-order valence-corrected chi connectivity index (χ2v) is 11.2. The molecule has 180 valence electrons. The van der Waals surface area contributed by atoms with Gasteiger partial charge in [-0.3, -0.25) is 0 Å². The zero-order valence-corrected chi connectivity index (χ0v) is 23.8. The van der Waals surface area contributed by atoms with Crippen molar-refractivity contribution in [1.29, 1.82) is 0 Å². The number of ether oxygens (including phenoxy) is 2. The van der Waals surface area contributed by atoms with E-state index in [0.29, 0.717) is 34.3 Å². The molecule has 0 fully saturated rings. The summed E-state index contributed by atoms with van der Waals surface area (Å²) in [6, 6.07) is 1.97. The number of rotatable bonds is 14. The predicted molar refractivity (Wildman–Crippen MR) is 140 cm³/mol. The van der Waals surface area contributed by atoms with Crippen LogP contribution in [0.15, 0.2) is 10.5 Å². The Hall–Kier alpha value is -0.410. The van der Waals surface area contributed by atoms with Crippen LogP contribution in [0, 0.1) is 30.1 Å². The Balaban J connectivity index is 3.36. The van der Waals surface area contributed by atoms with Crippen molar-refractivity contribution in [1.82, 2.24) is 0 Å². The van der Waals surface area contributed by atoms with E-state index in [2.05, 4.69) is 64.4 Å². The molecule has 0 N–H and O–H groups in total. The van der Waals surface area contributed by atoms with E-state index in [1.807, 2.05) is 13.0 Å². The number of hydrogen-bond acceptors (Lipinski definition) is 2. The first-order chi connectivity index (χ1) is 14.5. The summed E-state index contributed by atoms with van der Waals surface area (Å²) in [6.07, 6.45) is 8.80. The second kappa shape index (κ2) is 13.3. The van der Waals surface area contributed by atoms with E-state index >= 15 is 0 Å². The van der Waals surface area contributed by atoms with Crippen molar-refractivity contribution in [3.8, 4) is 11.5 Å². The molecule has 0 aromatic heterocycles. The summed E-state index contributed by atoms with van der Waals surface area (Å²) < 4.78 is 13.5. The number of unbranched alkanes of at least 4 members (excludes halogenated alkanes) is 5. The summed E-state index contributed by atoms with van der Waals surface area (Å²) in [6.45, 7) is 18.4. The predicted octanol–water partition coefficient (Wildman–Crippen LogP) is 9.87. The number of methoxy groups -OCH3 is 1. The number of halogens is 2. The van der Waals surface area contributed by atoms with Crippen LogP contribution < -0.4 is 9.47 Å². The largest absolute Gasteiger partial charge is 0.493 e. The molecule has 0 spiro atoms. The van der Waals surface area contributed by atoms with Gasteiger partial charge in [0.15, 0.2) is 11.5 Å². The summed E-state index contributed by atoms with van der Waals surface area (Å²) in [5, 5.41) is 0.643. The van der Waals surface area contributed by atoms with Crippen LogP contribution in [0.2, 0.25) is 5.02 Å². The standard InChI is InChI=1S/C27H46BrClO2/c1-10-11-12-13-14-15-16-24(27(18(2)3,19(4)5)20(6)7)31-26-23(30-9)17-22(28)21(8)25(26)29/h17-20,24H,10-16H2,1-9H3. The molecule has 0 aliphatic rings. The molecule has 0 heterocycles. The molecule has 1 atom stereocenters. The first-order valence-corrected chi connectivity index (χ1v) is 13.4. The lowest BCUT2D eigenvalue weighted by molar-refractivity contribution is -0.0720. The Bertz CT molecular complexity index is 648. The van der Waals surface area contributed by atoms with Gasteiger partial charge < -0.3 is 9.47 Å². The van der Waals surface area contributed by atoms with Gasteiger partial charge in [-0.15, -0.1) is 0 Å². The monoisotopic (exact) mass is 516 g/mol. The van der Waals surface area contributed by atoms with Gasteiger partial charge >= 0.3 is 0 Å². The molecule has 0 radical (unpaired) electrons. The molecule has 4 heteroatoms. The maximum Gasteiger partial charge on any atom is 0.180 e. The highest BCUT2D eigenvalue weighted by atomic mass is 79.9. The van der Waals surface area contributed by atoms with Crippen LogP contribution in [0.25, 0.3) is 0 Å². The summed E-state index contributed by atoms with van der Waals surface area (Å²) in [5.41, 5.74) is 1.03. The lowest BCUT2D eigenvalue weighted by Gasteiger charge is -2.50. The van der Waals surface area contributed by atoms with Crippen molar-refractivity contribution in [2.75, 3.05) is 7.11 Å². The minimum Gasteiger partial charge on any atom is -0.493 e. The van der Waals surface area contributed by atoms with Gasteiger partial charge in [-0.05, 0) is 49.1 Å². The second-order valence-electron chi connectivity index (χ2n) is 9.96. The van der Waals surface area contributed by atoms with E-state index in [1.165, 1.54) is 38.5 Å². The fraction of sp³-hybridized carbons (Fsp3) is 0.778. The molecule has 0 saturated heterocycles. The summed E-state index contributed by atoms with van der Waals surface area (Å²) in [5.74, 6) is 2.84. The molecule has 2 nitrogen and oxygen atoms in total. The molecule has 0 saturated carbocycles. The minimum absolute atomic E-state index is 0.0404. The van der Waals surface area contributed by atoms with Crippen LogP contribution in [-0.2, 0) is 0 Å². The third-order valence-electron chi connectivity index (χ3n) is 7.23. The number of benzene rings is 1. The molecule has 1 aromatic rings. The van der Waals surface area contributed by atoms with Gasteiger partial charge in [-0.1, -0.05) is 108 Å². The smallest absolute Gasteiger partial charge is 0.180 e. The zero-order valence-electron chi connectivity index (χ0n) is 21.4. The number of hydrogen-bond donors (Lipinski definition) is 0. The average molecular weight is 518 g/mol. The van der Waals surface area contributed by atoms with E-state index in [9.17, 15) is 0 Å². The molecule has 0 bridgehead atoms. The van der Waals surface area contributed by atoms with Crippen molar-refractivity contribution in [2.24, 2.45) is 23.2 Å². The van der Waals surface area contributed by atoms with E-state index in [4.69, 9.17) is 21.1 Å². The topological polar surface area (TPSA) is 18.5 Å². The quantitative estimate of drug-likeness (QED) is 0.228. The third kappa shape index (κ3) is 6.79. The van der Waals surface area contributed by atoms with Gasteiger partial charge in [0, 0.05) is 9.89 Å². The lowest BCUT2D eigenvalue weighted by atomic mass is 9.58. The van der Waals surface area contributed by atoms with E-state index < -0.39 is 0 Å². The fourth-order valence-corrected chi connectivity index (χ4v) is 6.47. The van der Waals surface area contributed by atoms with Gasteiger partial charge in [-0.25, -0.2) is 0 Å². The average Bonchev–Trinajstić information content (AvgIpc) is 2.69. The Morgan fingerprint density at radius 3 is 1.94 bits per heavy atom. The molecule has 0 aliphatic carbocycles. The van der Waals surface area contributed by atoms with Gasteiger partial charge in [0.1, 0.15) is 6.10 Å². The van der Waals surface area contributed by atoms with Crippen molar-refractivity contribution in [3.05, 3.63) is 21.1 Å². The van der Waals surface area contributed by atoms with Crippen LogP contribution in [-0.4, -0.2) is 13.2 Å². The van der Waals surface area contributed by atoms with Crippen LogP contribution in [0.3, 0.4) is 0 Å². The van der Waals surface area contributed by atoms with E-state index in [0.717, 1.165) is 16.5 Å².